The molecule has 16 heavy (non-hydrogen) atoms. The van der Waals surface area contributed by atoms with Gasteiger partial charge in [0.15, 0.2) is 0 Å². The Morgan fingerprint density at radius 2 is 2.25 bits per heavy atom. The van der Waals surface area contributed by atoms with Crippen molar-refractivity contribution in [2.45, 2.75) is 6.54 Å². The molecule has 0 radical (unpaired) electrons. The average molecular weight is 261 g/mol. The Labute approximate surface area is 105 Å². The van der Waals surface area contributed by atoms with Crippen LogP contribution in [-0.2, 0) is 6.54 Å². The van der Waals surface area contributed by atoms with Gasteiger partial charge in [-0.15, -0.1) is 6.58 Å². The largest absolute Gasteiger partial charge is 0.395 e. The molecule has 0 atom stereocenters. The predicted octanol–water partition coefficient (Wildman–Crippen LogP) is 2.37. The molecule has 1 aromatic rings. The van der Waals surface area contributed by atoms with Crippen LogP contribution in [0.3, 0.4) is 0 Å². The van der Waals surface area contributed by atoms with Crippen LogP contribution in [0, 0.1) is 0 Å². The highest BCUT2D eigenvalue weighted by Gasteiger charge is 2.08. The molecule has 1 aromatic heterocycles. The summed E-state index contributed by atoms with van der Waals surface area (Å²) in [6.45, 7) is 5.58. The summed E-state index contributed by atoms with van der Waals surface area (Å²) in [4.78, 5) is 6.16. The summed E-state index contributed by atoms with van der Waals surface area (Å²) < 4.78 is 0. The van der Waals surface area contributed by atoms with Gasteiger partial charge in [0.25, 0.3) is 0 Å². The highest BCUT2D eigenvalue weighted by atomic mass is 35.5. The van der Waals surface area contributed by atoms with Gasteiger partial charge in [0.2, 0.25) is 0 Å². The third kappa shape index (κ3) is 4.10. The van der Waals surface area contributed by atoms with Crippen molar-refractivity contribution in [3.63, 3.8) is 0 Å². The summed E-state index contributed by atoms with van der Waals surface area (Å²) in [6, 6.07) is 1.66. The lowest BCUT2D eigenvalue weighted by Crippen LogP contribution is -2.27. The lowest BCUT2D eigenvalue weighted by Gasteiger charge is -2.19. The fourth-order valence-corrected chi connectivity index (χ4v) is 1.77. The molecule has 0 unspecified atom stereocenters. The van der Waals surface area contributed by atoms with Gasteiger partial charge in [-0.05, 0) is 6.07 Å². The molecule has 0 fully saturated rings. The fourth-order valence-electron chi connectivity index (χ4n) is 1.33. The van der Waals surface area contributed by atoms with E-state index < -0.39 is 0 Å². The number of pyridine rings is 1. The third-order valence-corrected chi connectivity index (χ3v) is 2.59. The van der Waals surface area contributed by atoms with E-state index in [0.717, 1.165) is 5.69 Å². The first kappa shape index (κ1) is 13.5. The van der Waals surface area contributed by atoms with Gasteiger partial charge >= 0.3 is 0 Å². The molecule has 0 aromatic carbocycles. The maximum atomic E-state index is 8.90. The average Bonchev–Trinajstić information content (AvgIpc) is 2.23. The van der Waals surface area contributed by atoms with Crippen LogP contribution in [0.15, 0.2) is 24.9 Å². The number of rotatable bonds is 6. The zero-order valence-corrected chi connectivity index (χ0v) is 10.4. The van der Waals surface area contributed by atoms with E-state index in [1.54, 1.807) is 18.3 Å². The fraction of sp³-hybridized carbons (Fsp3) is 0.364. The molecule has 0 aliphatic carbocycles. The van der Waals surface area contributed by atoms with Crippen molar-refractivity contribution in [3.8, 4) is 0 Å². The highest BCUT2D eigenvalue weighted by molar-refractivity contribution is 6.34. The Hall–Kier alpha value is -0.610. The number of hydrogen-bond donors (Lipinski definition) is 1. The summed E-state index contributed by atoms with van der Waals surface area (Å²) in [5.74, 6) is 0. The Kier molecular flexibility index (Phi) is 5.77. The Balaban J connectivity index is 2.72. The van der Waals surface area contributed by atoms with Gasteiger partial charge < -0.3 is 5.11 Å². The summed E-state index contributed by atoms with van der Waals surface area (Å²) in [6.07, 6.45) is 3.34. The van der Waals surface area contributed by atoms with Gasteiger partial charge in [-0.2, -0.15) is 0 Å². The standard InChI is InChI=1S/C11H14Cl2N2O/c1-2-3-15(4-5-16)8-11-10(13)6-9(12)7-14-11/h2,6-7,16H,1,3-5,8H2. The van der Waals surface area contributed by atoms with E-state index in [9.17, 15) is 0 Å². The molecule has 0 bridgehead atoms. The van der Waals surface area contributed by atoms with Gasteiger partial charge in [0, 0.05) is 25.8 Å². The summed E-state index contributed by atoms with van der Waals surface area (Å²) in [7, 11) is 0. The SMILES string of the molecule is C=CCN(CCO)Cc1ncc(Cl)cc1Cl. The number of nitrogens with zero attached hydrogens (tertiary/aromatic N) is 2. The van der Waals surface area contributed by atoms with Crippen LogP contribution in [0.25, 0.3) is 0 Å². The van der Waals surface area contributed by atoms with Crippen molar-refractivity contribution >= 4 is 23.2 Å². The van der Waals surface area contributed by atoms with Crippen molar-refractivity contribution in [3.05, 3.63) is 40.7 Å². The van der Waals surface area contributed by atoms with E-state index in [2.05, 4.69) is 11.6 Å². The molecule has 1 rings (SSSR count). The van der Waals surface area contributed by atoms with Crippen LogP contribution in [-0.4, -0.2) is 34.7 Å². The third-order valence-electron chi connectivity index (χ3n) is 2.06. The van der Waals surface area contributed by atoms with Crippen LogP contribution in [0.1, 0.15) is 5.69 Å². The van der Waals surface area contributed by atoms with Crippen molar-refractivity contribution in [1.29, 1.82) is 0 Å². The molecular formula is C11H14Cl2N2O. The number of aliphatic hydroxyl groups excluding tert-OH is 1. The van der Waals surface area contributed by atoms with Crippen molar-refractivity contribution < 1.29 is 5.11 Å². The normalized spacial score (nSPS) is 10.8. The second kappa shape index (κ2) is 6.86. The quantitative estimate of drug-likeness (QED) is 0.798. The Bertz CT molecular complexity index is 358. The van der Waals surface area contributed by atoms with Crippen LogP contribution < -0.4 is 0 Å². The smallest absolute Gasteiger partial charge is 0.0731 e. The van der Waals surface area contributed by atoms with E-state index >= 15 is 0 Å². The molecule has 1 N–H and O–H groups in total. The van der Waals surface area contributed by atoms with Crippen molar-refractivity contribution in [2.24, 2.45) is 0 Å². The molecule has 0 aliphatic rings. The van der Waals surface area contributed by atoms with Crippen molar-refractivity contribution in [1.82, 2.24) is 9.88 Å². The Morgan fingerprint density at radius 1 is 1.50 bits per heavy atom. The monoisotopic (exact) mass is 260 g/mol. The van der Waals surface area contributed by atoms with E-state index in [4.69, 9.17) is 28.3 Å². The first-order valence-corrected chi connectivity index (χ1v) is 5.67. The topological polar surface area (TPSA) is 36.4 Å². The van der Waals surface area contributed by atoms with E-state index in [1.165, 1.54) is 0 Å². The molecule has 5 heteroatoms. The van der Waals surface area contributed by atoms with Gasteiger partial charge in [-0.3, -0.25) is 9.88 Å². The molecule has 0 amide bonds. The first-order valence-electron chi connectivity index (χ1n) is 4.91. The van der Waals surface area contributed by atoms with Crippen LogP contribution in [0.5, 0.6) is 0 Å². The lowest BCUT2D eigenvalue weighted by atomic mass is 10.3. The minimum Gasteiger partial charge on any atom is -0.395 e. The van der Waals surface area contributed by atoms with Crippen LogP contribution in [0.2, 0.25) is 10.0 Å². The summed E-state index contributed by atoms with van der Waals surface area (Å²) in [5.41, 5.74) is 0.751. The van der Waals surface area contributed by atoms with Crippen molar-refractivity contribution in [2.75, 3.05) is 19.7 Å². The summed E-state index contributed by atoms with van der Waals surface area (Å²) in [5, 5.41) is 9.97. The predicted molar refractivity (Wildman–Crippen MR) is 66.8 cm³/mol. The minimum atomic E-state index is 0.0963. The molecule has 3 nitrogen and oxygen atoms in total. The number of aliphatic hydroxyl groups is 1. The number of halogens is 2. The molecule has 0 aliphatic heterocycles. The first-order chi connectivity index (χ1) is 7.67. The van der Waals surface area contributed by atoms with Gasteiger partial charge in [0.05, 0.1) is 22.3 Å². The molecule has 1 heterocycles. The summed E-state index contributed by atoms with van der Waals surface area (Å²) >= 11 is 11.8. The lowest BCUT2D eigenvalue weighted by molar-refractivity contribution is 0.202. The van der Waals surface area contributed by atoms with Crippen LogP contribution >= 0.6 is 23.2 Å². The van der Waals surface area contributed by atoms with E-state index in [-0.39, 0.29) is 6.61 Å². The highest BCUT2D eigenvalue weighted by Crippen LogP contribution is 2.19. The zero-order valence-electron chi connectivity index (χ0n) is 8.87. The molecule has 88 valence electrons. The maximum absolute atomic E-state index is 8.90. The molecule has 0 spiro atoms. The molecule has 0 saturated heterocycles. The zero-order chi connectivity index (χ0) is 12.0. The van der Waals surface area contributed by atoms with Gasteiger partial charge in [0.1, 0.15) is 0 Å². The van der Waals surface area contributed by atoms with Gasteiger partial charge in [-0.1, -0.05) is 29.3 Å². The second-order valence-corrected chi connectivity index (χ2v) is 4.17. The minimum absolute atomic E-state index is 0.0963. The Morgan fingerprint density at radius 3 is 2.81 bits per heavy atom. The van der Waals surface area contributed by atoms with E-state index in [1.807, 2.05) is 4.90 Å². The van der Waals surface area contributed by atoms with E-state index in [0.29, 0.717) is 29.7 Å². The maximum Gasteiger partial charge on any atom is 0.0731 e. The second-order valence-electron chi connectivity index (χ2n) is 3.33. The molecular weight excluding hydrogens is 247 g/mol. The number of aromatic nitrogens is 1. The van der Waals surface area contributed by atoms with Gasteiger partial charge in [-0.25, -0.2) is 0 Å². The molecule has 0 saturated carbocycles. The number of hydrogen-bond acceptors (Lipinski definition) is 3. The van der Waals surface area contributed by atoms with Crippen LogP contribution in [0.4, 0.5) is 0 Å².